The number of halogens is 2. The van der Waals surface area contributed by atoms with Gasteiger partial charge in [0.25, 0.3) is 0 Å². The fourth-order valence-corrected chi connectivity index (χ4v) is 1.20. The maximum atomic E-state index is 13.0. The number of hydrogen-bond donors (Lipinski definition) is 3. The highest BCUT2D eigenvalue weighted by atomic mass is 19.3. The first-order valence-corrected chi connectivity index (χ1v) is 4.47. The van der Waals surface area contributed by atoms with E-state index >= 15 is 0 Å². The Hall–Kier alpha value is -1.89. The number of carboxylic acid groups (broad SMARTS) is 1. The van der Waals surface area contributed by atoms with E-state index in [2.05, 4.69) is 4.74 Å². The van der Waals surface area contributed by atoms with E-state index in [0.717, 1.165) is 18.2 Å². The van der Waals surface area contributed by atoms with Gasteiger partial charge in [0.2, 0.25) is 0 Å². The van der Waals surface area contributed by atoms with Crippen LogP contribution in [0.1, 0.15) is 11.7 Å². The predicted molar refractivity (Wildman–Crippen MR) is 52.2 cm³/mol. The van der Waals surface area contributed by atoms with Crippen molar-refractivity contribution in [3.05, 3.63) is 23.8 Å². The molecule has 3 N–H and O–H groups in total. The van der Waals surface area contributed by atoms with Gasteiger partial charge in [-0.25, -0.2) is 4.79 Å². The zero-order valence-electron chi connectivity index (χ0n) is 8.72. The Morgan fingerprint density at radius 3 is 2.47 bits per heavy atom. The van der Waals surface area contributed by atoms with Gasteiger partial charge in [-0.15, -0.1) is 0 Å². The van der Waals surface area contributed by atoms with Crippen molar-refractivity contribution in [2.75, 3.05) is 7.11 Å². The van der Waals surface area contributed by atoms with Gasteiger partial charge in [0.15, 0.2) is 17.6 Å². The quantitative estimate of drug-likeness (QED) is 0.744. The fourth-order valence-electron chi connectivity index (χ4n) is 1.20. The molecule has 0 saturated heterocycles. The molecule has 0 aliphatic carbocycles. The van der Waals surface area contributed by atoms with Crippen molar-refractivity contribution in [1.29, 1.82) is 0 Å². The molecule has 0 fully saturated rings. The number of rotatable bonds is 4. The average Bonchev–Trinajstić information content (AvgIpc) is 2.27. The lowest BCUT2D eigenvalue weighted by molar-refractivity contribution is -0.182. The van der Waals surface area contributed by atoms with E-state index in [4.69, 9.17) is 5.11 Å². The Morgan fingerprint density at radius 1 is 1.47 bits per heavy atom. The summed E-state index contributed by atoms with van der Waals surface area (Å²) in [5, 5.41) is 26.8. The van der Waals surface area contributed by atoms with Crippen LogP contribution in [0.5, 0.6) is 11.5 Å². The summed E-state index contributed by atoms with van der Waals surface area (Å²) < 4.78 is 30.6. The summed E-state index contributed by atoms with van der Waals surface area (Å²) in [5.41, 5.74) is -0.421. The van der Waals surface area contributed by atoms with E-state index in [1.54, 1.807) is 0 Å². The molecular weight excluding hydrogens is 238 g/mol. The summed E-state index contributed by atoms with van der Waals surface area (Å²) in [6.45, 7) is 0. The number of carbonyl (C=O) groups is 1. The van der Waals surface area contributed by atoms with Crippen LogP contribution < -0.4 is 4.74 Å². The molecule has 0 aliphatic heterocycles. The van der Waals surface area contributed by atoms with Crippen LogP contribution in [0.4, 0.5) is 8.78 Å². The molecule has 1 rings (SSSR count). The van der Waals surface area contributed by atoms with Gasteiger partial charge in [0.1, 0.15) is 0 Å². The smallest absolute Gasteiger partial charge is 0.377 e. The minimum absolute atomic E-state index is 0.0274. The van der Waals surface area contributed by atoms with Crippen LogP contribution in [0, 0.1) is 0 Å². The standard InChI is InChI=1S/C10H10F2O5/c1-17-7-3-2-5(4-6(7)13)8(14)10(11,12)9(15)16/h2-4,8,13-14H,1H3,(H,15,16). The van der Waals surface area contributed by atoms with Crippen LogP contribution in [0.15, 0.2) is 18.2 Å². The van der Waals surface area contributed by atoms with Gasteiger partial charge in [-0.2, -0.15) is 8.78 Å². The maximum Gasteiger partial charge on any atom is 0.377 e. The minimum Gasteiger partial charge on any atom is -0.504 e. The van der Waals surface area contributed by atoms with Crippen molar-refractivity contribution in [2.45, 2.75) is 12.0 Å². The van der Waals surface area contributed by atoms with Crippen LogP contribution in [0.25, 0.3) is 0 Å². The van der Waals surface area contributed by atoms with Crippen LogP contribution in [0.2, 0.25) is 0 Å². The molecule has 1 aromatic rings. The number of phenols is 1. The largest absolute Gasteiger partial charge is 0.504 e. The van der Waals surface area contributed by atoms with Crippen LogP contribution in [-0.4, -0.2) is 34.3 Å². The fraction of sp³-hybridized carbons (Fsp3) is 0.300. The number of hydrogen-bond acceptors (Lipinski definition) is 4. The number of alkyl halides is 2. The Labute approximate surface area is 94.9 Å². The first kappa shape index (κ1) is 13.2. The number of aliphatic hydroxyl groups is 1. The van der Waals surface area contributed by atoms with E-state index in [9.17, 15) is 23.8 Å². The summed E-state index contributed by atoms with van der Waals surface area (Å²) in [5.74, 6) is -7.22. The number of aliphatic hydroxyl groups excluding tert-OH is 1. The first-order chi connectivity index (χ1) is 7.80. The molecule has 5 nitrogen and oxygen atoms in total. The molecule has 0 spiro atoms. The van der Waals surface area contributed by atoms with Gasteiger partial charge in [0.05, 0.1) is 7.11 Å². The highest BCUT2D eigenvalue weighted by Gasteiger charge is 2.47. The summed E-state index contributed by atoms with van der Waals surface area (Å²) in [6, 6.07) is 3.01. The molecule has 1 unspecified atom stereocenters. The van der Waals surface area contributed by atoms with Crippen molar-refractivity contribution >= 4 is 5.97 Å². The molecule has 0 aromatic heterocycles. The first-order valence-electron chi connectivity index (χ1n) is 4.47. The van der Waals surface area contributed by atoms with Crippen LogP contribution in [0.3, 0.4) is 0 Å². The Balaban J connectivity index is 3.09. The monoisotopic (exact) mass is 248 g/mol. The minimum atomic E-state index is -4.33. The highest BCUT2D eigenvalue weighted by Crippen LogP contribution is 2.35. The average molecular weight is 248 g/mol. The topological polar surface area (TPSA) is 87.0 Å². The lowest BCUT2D eigenvalue weighted by Gasteiger charge is -2.19. The molecule has 7 heteroatoms. The number of carboxylic acids is 1. The van der Waals surface area contributed by atoms with Gasteiger partial charge in [-0.3, -0.25) is 0 Å². The van der Waals surface area contributed by atoms with Gasteiger partial charge >= 0.3 is 11.9 Å². The molecule has 1 aromatic carbocycles. The Bertz CT molecular complexity index is 433. The summed E-state index contributed by atoms with van der Waals surface area (Å²) in [6.07, 6.45) is -2.54. The van der Waals surface area contributed by atoms with Gasteiger partial charge in [0, 0.05) is 0 Å². The van der Waals surface area contributed by atoms with Crippen LogP contribution in [-0.2, 0) is 4.79 Å². The Morgan fingerprint density at radius 2 is 2.06 bits per heavy atom. The third kappa shape index (κ3) is 2.44. The van der Waals surface area contributed by atoms with E-state index in [1.807, 2.05) is 0 Å². The third-order valence-electron chi connectivity index (χ3n) is 2.15. The summed E-state index contributed by atoms with van der Waals surface area (Å²) in [7, 11) is 1.26. The zero-order valence-corrected chi connectivity index (χ0v) is 8.72. The SMILES string of the molecule is COc1ccc(C(O)C(F)(F)C(=O)O)cc1O. The van der Waals surface area contributed by atoms with Crippen LogP contribution >= 0.6 is 0 Å². The maximum absolute atomic E-state index is 13.0. The predicted octanol–water partition coefficient (Wildman–Crippen LogP) is 1.15. The van der Waals surface area contributed by atoms with E-state index < -0.39 is 29.3 Å². The lowest BCUT2D eigenvalue weighted by Crippen LogP contribution is -2.35. The molecule has 0 aliphatic rings. The molecule has 0 radical (unpaired) electrons. The Kier molecular flexibility index (Phi) is 3.52. The van der Waals surface area contributed by atoms with Crippen molar-refractivity contribution in [3.8, 4) is 11.5 Å². The molecule has 0 bridgehead atoms. The second-order valence-electron chi connectivity index (χ2n) is 3.26. The number of methoxy groups -OCH3 is 1. The molecule has 17 heavy (non-hydrogen) atoms. The van der Waals surface area contributed by atoms with Gasteiger partial charge in [-0.1, -0.05) is 6.07 Å². The summed E-state index contributed by atoms with van der Waals surface area (Å²) in [4.78, 5) is 10.2. The van der Waals surface area contributed by atoms with Crippen molar-refractivity contribution in [3.63, 3.8) is 0 Å². The number of phenolic OH excluding ortho intramolecular Hbond substituents is 1. The number of benzene rings is 1. The molecule has 1 atom stereocenters. The molecule has 0 heterocycles. The molecule has 0 saturated carbocycles. The summed E-state index contributed by atoms with van der Waals surface area (Å²) >= 11 is 0. The van der Waals surface area contributed by atoms with Crippen molar-refractivity contribution in [1.82, 2.24) is 0 Å². The van der Waals surface area contributed by atoms with E-state index in [0.29, 0.717) is 0 Å². The van der Waals surface area contributed by atoms with Gasteiger partial charge < -0.3 is 20.1 Å². The second-order valence-corrected chi connectivity index (χ2v) is 3.26. The van der Waals surface area contributed by atoms with Crippen molar-refractivity contribution < 1.29 is 33.6 Å². The number of ether oxygens (including phenoxy) is 1. The zero-order chi connectivity index (χ0) is 13.2. The normalized spacial score (nSPS) is 13.2. The van der Waals surface area contributed by atoms with Crippen molar-refractivity contribution in [2.24, 2.45) is 0 Å². The lowest BCUT2D eigenvalue weighted by atomic mass is 10.0. The highest BCUT2D eigenvalue weighted by molar-refractivity contribution is 5.76. The molecular formula is C10H10F2O5. The molecule has 94 valence electrons. The second kappa shape index (κ2) is 4.54. The van der Waals surface area contributed by atoms with E-state index in [1.165, 1.54) is 7.11 Å². The van der Waals surface area contributed by atoms with Gasteiger partial charge in [-0.05, 0) is 17.7 Å². The number of aromatic hydroxyl groups is 1. The third-order valence-corrected chi connectivity index (χ3v) is 2.15. The number of aliphatic carboxylic acids is 1. The molecule has 0 amide bonds. The van der Waals surface area contributed by atoms with E-state index in [-0.39, 0.29) is 5.75 Å².